The van der Waals surface area contributed by atoms with Crippen LogP contribution in [0.3, 0.4) is 0 Å². The summed E-state index contributed by atoms with van der Waals surface area (Å²) in [6, 6.07) is 15.5. The van der Waals surface area contributed by atoms with E-state index in [1.54, 1.807) is 6.08 Å². The number of aliphatic imine (C=N–C) groups is 1. The molecule has 0 saturated carbocycles. The first-order chi connectivity index (χ1) is 16.0. The van der Waals surface area contributed by atoms with E-state index in [0.29, 0.717) is 30.0 Å². The Bertz CT molecular complexity index is 1150. The van der Waals surface area contributed by atoms with E-state index in [4.69, 9.17) is 14.9 Å². The van der Waals surface area contributed by atoms with E-state index in [9.17, 15) is 4.79 Å². The molecular weight excluding hydrogens is 436 g/mol. The maximum atomic E-state index is 12.4. The lowest BCUT2D eigenvalue weighted by molar-refractivity contribution is -0.114. The average molecular weight is 463 g/mol. The third-order valence-electron chi connectivity index (χ3n) is 5.42. The molecule has 1 N–H and O–H groups in total. The highest BCUT2D eigenvalue weighted by Crippen LogP contribution is 2.29. The molecule has 2 aliphatic heterocycles. The second-order valence-corrected chi connectivity index (χ2v) is 8.91. The van der Waals surface area contributed by atoms with Gasteiger partial charge in [-0.1, -0.05) is 44.2 Å². The largest absolute Gasteiger partial charge is 0.490 e. The molecule has 2 aliphatic rings. The first-order valence-corrected chi connectivity index (χ1v) is 11.7. The van der Waals surface area contributed by atoms with Crippen LogP contribution in [0, 0.1) is 5.41 Å². The average Bonchev–Trinajstić information content (AvgIpc) is 3.20. The third-order valence-corrected chi connectivity index (χ3v) is 6.24. The van der Waals surface area contributed by atoms with Crippen LogP contribution in [-0.2, 0) is 4.79 Å². The molecule has 1 amide bonds. The molecule has 33 heavy (non-hydrogen) atoms. The summed E-state index contributed by atoms with van der Waals surface area (Å²) in [5.74, 6) is 1.65. The molecule has 2 aromatic carbocycles. The Hall–Kier alpha value is -3.39. The Kier molecular flexibility index (Phi) is 6.93. The zero-order chi connectivity index (χ0) is 23.4. The highest BCUT2D eigenvalue weighted by Gasteiger charge is 2.34. The fraction of sp³-hybridized carbons (Fsp3) is 0.280. The number of benzene rings is 2. The van der Waals surface area contributed by atoms with Crippen molar-refractivity contribution in [2.75, 3.05) is 13.2 Å². The lowest BCUT2D eigenvalue weighted by Gasteiger charge is -2.20. The van der Waals surface area contributed by atoms with Crippen molar-refractivity contribution in [1.29, 1.82) is 5.41 Å². The van der Waals surface area contributed by atoms with Gasteiger partial charge in [-0.05, 0) is 66.4 Å². The molecule has 0 bridgehead atoms. The number of hydrogen-bond donors (Lipinski definition) is 1. The number of nitrogens with one attached hydrogen (secondary N) is 1. The summed E-state index contributed by atoms with van der Waals surface area (Å²) in [5, 5.41) is 15.1. The van der Waals surface area contributed by atoms with Crippen molar-refractivity contribution < 1.29 is 14.3 Å². The summed E-state index contributed by atoms with van der Waals surface area (Å²) >= 11 is 1.29. The van der Waals surface area contributed by atoms with E-state index < -0.39 is 5.91 Å². The molecule has 0 saturated heterocycles. The van der Waals surface area contributed by atoms with Crippen LogP contribution >= 0.6 is 11.8 Å². The van der Waals surface area contributed by atoms with E-state index in [1.165, 1.54) is 22.3 Å². The number of amidine groups is 2. The molecule has 7 nitrogen and oxygen atoms in total. The number of rotatable bonds is 8. The number of ether oxygens (including phenoxy) is 2. The number of hydrazone groups is 1. The van der Waals surface area contributed by atoms with E-state index in [2.05, 4.69) is 30.0 Å². The Morgan fingerprint density at radius 2 is 1.85 bits per heavy atom. The zero-order valence-electron chi connectivity index (χ0n) is 18.9. The zero-order valence-corrected chi connectivity index (χ0v) is 19.7. The van der Waals surface area contributed by atoms with Gasteiger partial charge in [0.1, 0.15) is 24.7 Å². The Morgan fingerprint density at radius 3 is 2.61 bits per heavy atom. The summed E-state index contributed by atoms with van der Waals surface area (Å²) in [6.45, 7) is 7.04. The van der Waals surface area contributed by atoms with Crippen LogP contribution in [-0.4, -0.2) is 40.2 Å². The second kappa shape index (κ2) is 10.0. The molecule has 2 heterocycles. The summed E-state index contributed by atoms with van der Waals surface area (Å²) in [5.41, 5.74) is 2.20. The van der Waals surface area contributed by atoms with Gasteiger partial charge in [-0.3, -0.25) is 10.2 Å². The van der Waals surface area contributed by atoms with Crippen molar-refractivity contribution in [1.82, 2.24) is 5.01 Å². The molecule has 0 spiro atoms. The number of carbonyl (C=O) groups is 1. The first-order valence-electron chi connectivity index (χ1n) is 10.9. The standard InChI is InChI=1S/C25H26N4O3S/c1-4-16(2)20-7-5-6-8-22(20)32-14-13-31-19-11-9-18(10-12-19)15-21-23(26)29-25(27-24(21)30)33-17(3)28-29/h5-12,15-16,26H,4,13-14H2,1-3H3/b21-15-,26-23?. The molecular formula is C25H26N4O3S. The van der Waals surface area contributed by atoms with Gasteiger partial charge in [0.05, 0.1) is 10.6 Å². The minimum Gasteiger partial charge on any atom is -0.490 e. The van der Waals surface area contributed by atoms with Gasteiger partial charge in [-0.15, -0.1) is 0 Å². The SMILES string of the molecule is CCC(C)c1ccccc1OCCOc1ccc(/C=C2/C(=N)N3N=C(C)SC3=NC2=O)cc1. The predicted molar refractivity (Wildman–Crippen MR) is 133 cm³/mol. The maximum Gasteiger partial charge on any atom is 0.283 e. The highest BCUT2D eigenvalue weighted by atomic mass is 32.2. The smallest absolute Gasteiger partial charge is 0.283 e. The van der Waals surface area contributed by atoms with Crippen LogP contribution in [0.15, 0.2) is 64.2 Å². The second-order valence-electron chi connectivity index (χ2n) is 7.75. The van der Waals surface area contributed by atoms with Gasteiger partial charge in [-0.25, -0.2) is 0 Å². The van der Waals surface area contributed by atoms with Crippen LogP contribution in [0.5, 0.6) is 11.5 Å². The van der Waals surface area contributed by atoms with Crippen molar-refractivity contribution >= 4 is 39.8 Å². The van der Waals surface area contributed by atoms with Crippen LogP contribution in [0.25, 0.3) is 6.08 Å². The number of carbonyl (C=O) groups excluding carboxylic acids is 1. The van der Waals surface area contributed by atoms with Gasteiger partial charge in [0.2, 0.25) is 5.17 Å². The minimum absolute atomic E-state index is 0.0319. The fourth-order valence-electron chi connectivity index (χ4n) is 3.46. The molecule has 0 fully saturated rings. The minimum atomic E-state index is -0.432. The normalized spacial score (nSPS) is 17.5. The van der Waals surface area contributed by atoms with Crippen LogP contribution in [0.1, 0.15) is 44.2 Å². The van der Waals surface area contributed by atoms with Crippen molar-refractivity contribution in [3.8, 4) is 11.5 Å². The van der Waals surface area contributed by atoms with E-state index in [-0.39, 0.29) is 11.4 Å². The molecule has 1 atom stereocenters. The number of fused-ring (bicyclic) bond motifs is 1. The van der Waals surface area contributed by atoms with E-state index >= 15 is 0 Å². The molecule has 8 heteroatoms. The van der Waals surface area contributed by atoms with Gasteiger partial charge >= 0.3 is 0 Å². The topological polar surface area (TPSA) is 87.3 Å². The van der Waals surface area contributed by atoms with Crippen molar-refractivity contribution in [3.63, 3.8) is 0 Å². The summed E-state index contributed by atoms with van der Waals surface area (Å²) in [6.07, 6.45) is 2.71. The van der Waals surface area contributed by atoms with Crippen LogP contribution < -0.4 is 9.47 Å². The highest BCUT2D eigenvalue weighted by molar-refractivity contribution is 8.26. The molecule has 2 aromatic rings. The third kappa shape index (κ3) is 5.17. The van der Waals surface area contributed by atoms with Crippen molar-refractivity contribution in [2.45, 2.75) is 33.1 Å². The maximum absolute atomic E-state index is 12.4. The van der Waals surface area contributed by atoms with E-state index in [0.717, 1.165) is 22.8 Å². The number of nitrogens with zero attached hydrogens (tertiary/aromatic N) is 3. The number of para-hydroxylation sites is 1. The van der Waals surface area contributed by atoms with Crippen molar-refractivity contribution in [3.05, 3.63) is 65.2 Å². The molecule has 170 valence electrons. The lowest BCUT2D eigenvalue weighted by Crippen LogP contribution is -2.35. The molecule has 0 aliphatic carbocycles. The van der Waals surface area contributed by atoms with E-state index in [1.807, 2.05) is 49.4 Å². The van der Waals surface area contributed by atoms with Gasteiger partial charge in [0.25, 0.3) is 5.91 Å². The summed E-state index contributed by atoms with van der Waals surface area (Å²) in [7, 11) is 0. The summed E-state index contributed by atoms with van der Waals surface area (Å²) in [4.78, 5) is 16.4. The van der Waals surface area contributed by atoms with Gasteiger partial charge < -0.3 is 9.47 Å². The van der Waals surface area contributed by atoms with Crippen molar-refractivity contribution in [2.24, 2.45) is 10.1 Å². The Balaban J connectivity index is 1.34. The fourth-order valence-corrected chi connectivity index (χ4v) is 4.20. The first kappa shape index (κ1) is 22.8. The van der Waals surface area contributed by atoms with Crippen LogP contribution in [0.2, 0.25) is 0 Å². The molecule has 0 aromatic heterocycles. The van der Waals surface area contributed by atoms with Gasteiger partial charge in [0, 0.05) is 0 Å². The quantitative estimate of drug-likeness (QED) is 0.425. The van der Waals surface area contributed by atoms with Crippen LogP contribution in [0.4, 0.5) is 0 Å². The Morgan fingerprint density at radius 1 is 1.12 bits per heavy atom. The molecule has 1 unspecified atom stereocenters. The number of thioether (sulfide) groups is 1. The number of hydrogen-bond acceptors (Lipinski definition) is 6. The Labute approximate surface area is 197 Å². The lowest BCUT2D eigenvalue weighted by atomic mass is 9.98. The van der Waals surface area contributed by atoms with Gasteiger partial charge in [0.15, 0.2) is 5.84 Å². The predicted octanol–water partition coefficient (Wildman–Crippen LogP) is 5.30. The monoisotopic (exact) mass is 462 g/mol. The molecule has 0 radical (unpaired) electrons. The number of amides is 1. The summed E-state index contributed by atoms with van der Waals surface area (Å²) < 4.78 is 11.8. The molecule has 4 rings (SSSR count). The van der Waals surface area contributed by atoms with Gasteiger partial charge in [-0.2, -0.15) is 15.1 Å².